The molecular formula is C32H33N3O5. The predicted molar refractivity (Wildman–Crippen MR) is 154 cm³/mol. The normalized spacial score (nSPS) is 18.4. The standard InChI is InChI=1S/C32H33N3O5/c1-38-21-10-12-26-25(16-21)23(13-14-33-27-18-30(36)35(32(27)37)20-7-5-4-6-8-20)31(34-26)22-11-9-19-15-28(39-2)29(40-3)17-24(19)22/h4-8,10,12,15-17,22,27,33-34H,9,11,13-14,18H2,1-3H3/t22-,27+/m0/s1. The Morgan fingerprint density at radius 1 is 0.950 bits per heavy atom. The molecule has 3 aromatic carbocycles. The number of imide groups is 1. The van der Waals surface area contributed by atoms with Crippen molar-refractivity contribution in [3.05, 3.63) is 83.0 Å². The van der Waals surface area contributed by atoms with Crippen LogP contribution in [0, 0.1) is 0 Å². The van der Waals surface area contributed by atoms with Gasteiger partial charge in [0.25, 0.3) is 5.91 Å². The Kier molecular flexibility index (Phi) is 6.94. The van der Waals surface area contributed by atoms with Crippen LogP contribution >= 0.6 is 0 Å². The number of nitrogens with one attached hydrogen (secondary N) is 2. The van der Waals surface area contributed by atoms with Gasteiger partial charge in [0.2, 0.25) is 5.91 Å². The summed E-state index contributed by atoms with van der Waals surface area (Å²) in [5.74, 6) is 2.04. The van der Waals surface area contributed by atoms with Crippen molar-refractivity contribution in [1.82, 2.24) is 10.3 Å². The number of ether oxygens (including phenoxy) is 3. The predicted octanol–water partition coefficient (Wildman–Crippen LogP) is 4.74. The van der Waals surface area contributed by atoms with Gasteiger partial charge in [-0.1, -0.05) is 18.2 Å². The Bertz CT molecular complexity index is 1580. The highest BCUT2D eigenvalue weighted by Gasteiger charge is 2.39. The molecule has 2 aliphatic rings. The monoisotopic (exact) mass is 539 g/mol. The number of hydrogen-bond acceptors (Lipinski definition) is 6. The fraction of sp³-hybridized carbons (Fsp3) is 0.312. The van der Waals surface area contributed by atoms with Crippen LogP contribution in [0.25, 0.3) is 10.9 Å². The molecule has 2 heterocycles. The van der Waals surface area contributed by atoms with Crippen LogP contribution in [0.1, 0.15) is 41.1 Å². The second-order valence-corrected chi connectivity index (χ2v) is 10.3. The molecule has 1 saturated heterocycles. The van der Waals surface area contributed by atoms with Crippen molar-refractivity contribution < 1.29 is 23.8 Å². The topological polar surface area (TPSA) is 92.9 Å². The number of aromatic nitrogens is 1. The number of anilines is 1. The highest BCUT2D eigenvalue weighted by molar-refractivity contribution is 6.22. The molecule has 0 saturated carbocycles. The van der Waals surface area contributed by atoms with Crippen molar-refractivity contribution in [3.63, 3.8) is 0 Å². The molecule has 0 radical (unpaired) electrons. The number of para-hydroxylation sites is 1. The van der Waals surface area contributed by atoms with Crippen LogP contribution in [0.5, 0.6) is 17.2 Å². The van der Waals surface area contributed by atoms with Crippen LogP contribution in [0.15, 0.2) is 60.7 Å². The third kappa shape index (κ3) is 4.48. The van der Waals surface area contributed by atoms with Crippen molar-refractivity contribution in [2.75, 3.05) is 32.8 Å². The summed E-state index contributed by atoms with van der Waals surface area (Å²) in [6.45, 7) is 0.551. The lowest BCUT2D eigenvalue weighted by molar-refractivity contribution is -0.121. The van der Waals surface area contributed by atoms with E-state index in [2.05, 4.69) is 34.6 Å². The minimum absolute atomic E-state index is 0.153. The minimum Gasteiger partial charge on any atom is -0.497 e. The summed E-state index contributed by atoms with van der Waals surface area (Å²) >= 11 is 0. The number of fused-ring (bicyclic) bond motifs is 2. The average molecular weight is 540 g/mol. The zero-order valence-electron chi connectivity index (χ0n) is 23.0. The van der Waals surface area contributed by atoms with Gasteiger partial charge in [0.15, 0.2) is 11.5 Å². The highest BCUT2D eigenvalue weighted by atomic mass is 16.5. The summed E-state index contributed by atoms with van der Waals surface area (Å²) in [6.07, 6.45) is 2.76. The molecule has 6 rings (SSSR count). The van der Waals surface area contributed by atoms with Crippen LogP contribution in [-0.4, -0.2) is 50.7 Å². The summed E-state index contributed by atoms with van der Waals surface area (Å²) < 4.78 is 16.7. The number of methoxy groups -OCH3 is 3. The van der Waals surface area contributed by atoms with E-state index in [1.54, 1.807) is 33.5 Å². The maximum absolute atomic E-state index is 13.1. The molecule has 1 aliphatic heterocycles. The summed E-state index contributed by atoms with van der Waals surface area (Å²) in [6, 6.07) is 18.8. The van der Waals surface area contributed by atoms with Crippen LogP contribution < -0.4 is 24.4 Å². The number of carbonyl (C=O) groups excluding carboxylic acids is 2. The number of rotatable bonds is 9. The molecule has 1 aliphatic carbocycles. The summed E-state index contributed by atoms with van der Waals surface area (Å²) in [4.78, 5) is 30.8. The maximum Gasteiger partial charge on any atom is 0.251 e. The Morgan fingerprint density at radius 3 is 2.48 bits per heavy atom. The zero-order chi connectivity index (χ0) is 27.8. The van der Waals surface area contributed by atoms with Crippen molar-refractivity contribution >= 4 is 28.4 Å². The zero-order valence-corrected chi connectivity index (χ0v) is 23.0. The largest absolute Gasteiger partial charge is 0.497 e. The van der Waals surface area contributed by atoms with Gasteiger partial charge in [-0.25, -0.2) is 4.90 Å². The van der Waals surface area contributed by atoms with Crippen molar-refractivity contribution in [2.24, 2.45) is 0 Å². The molecule has 0 bridgehead atoms. The van der Waals surface area contributed by atoms with Gasteiger partial charge in [0.05, 0.1) is 39.5 Å². The number of carbonyl (C=O) groups is 2. The van der Waals surface area contributed by atoms with Gasteiger partial charge in [-0.15, -0.1) is 0 Å². The van der Waals surface area contributed by atoms with Gasteiger partial charge < -0.3 is 24.5 Å². The average Bonchev–Trinajstić information content (AvgIpc) is 3.64. The van der Waals surface area contributed by atoms with Crippen LogP contribution in [0.3, 0.4) is 0 Å². The van der Waals surface area contributed by atoms with Crippen LogP contribution in [-0.2, 0) is 22.4 Å². The van der Waals surface area contributed by atoms with E-state index in [-0.39, 0.29) is 24.2 Å². The van der Waals surface area contributed by atoms with Crippen molar-refractivity contribution in [2.45, 2.75) is 37.6 Å². The van der Waals surface area contributed by atoms with E-state index < -0.39 is 6.04 Å². The first-order valence-electron chi connectivity index (χ1n) is 13.6. The molecule has 4 aromatic rings. The van der Waals surface area contributed by atoms with Crippen molar-refractivity contribution in [1.29, 1.82) is 0 Å². The third-order valence-electron chi connectivity index (χ3n) is 8.14. The molecule has 1 fully saturated rings. The molecule has 40 heavy (non-hydrogen) atoms. The molecule has 2 amide bonds. The fourth-order valence-corrected chi connectivity index (χ4v) is 6.19. The number of aromatic amines is 1. The highest BCUT2D eigenvalue weighted by Crippen LogP contribution is 2.45. The van der Waals surface area contributed by atoms with E-state index in [1.807, 2.05) is 24.3 Å². The Morgan fingerprint density at radius 2 is 1.73 bits per heavy atom. The van der Waals surface area contributed by atoms with E-state index >= 15 is 0 Å². The van der Waals surface area contributed by atoms with E-state index in [9.17, 15) is 9.59 Å². The lowest BCUT2D eigenvalue weighted by atomic mass is 9.92. The summed E-state index contributed by atoms with van der Waals surface area (Å²) in [5, 5.41) is 4.47. The van der Waals surface area contributed by atoms with Crippen molar-refractivity contribution in [3.8, 4) is 17.2 Å². The number of H-pyrrole nitrogens is 1. The van der Waals surface area contributed by atoms with Gasteiger partial charge in [0, 0.05) is 29.1 Å². The Labute approximate surface area is 233 Å². The second-order valence-electron chi connectivity index (χ2n) is 10.3. The number of hydrogen-bond donors (Lipinski definition) is 2. The molecule has 0 unspecified atom stereocenters. The second kappa shape index (κ2) is 10.7. The molecule has 8 heteroatoms. The summed E-state index contributed by atoms with van der Waals surface area (Å²) in [5.41, 5.74) is 6.50. The number of amides is 2. The van der Waals surface area contributed by atoms with E-state index in [0.29, 0.717) is 18.7 Å². The fourth-order valence-electron chi connectivity index (χ4n) is 6.19. The number of benzene rings is 3. The van der Waals surface area contributed by atoms with Gasteiger partial charge in [0.1, 0.15) is 5.75 Å². The van der Waals surface area contributed by atoms with E-state index in [0.717, 1.165) is 46.7 Å². The van der Waals surface area contributed by atoms with Crippen LogP contribution in [0.2, 0.25) is 0 Å². The Balaban J connectivity index is 1.28. The number of aryl methyl sites for hydroxylation is 1. The molecule has 2 N–H and O–H groups in total. The molecule has 0 spiro atoms. The van der Waals surface area contributed by atoms with Gasteiger partial charge >= 0.3 is 0 Å². The lowest BCUT2D eigenvalue weighted by Gasteiger charge is -2.17. The molecule has 2 atom stereocenters. The molecular weight excluding hydrogens is 506 g/mol. The molecule has 8 nitrogen and oxygen atoms in total. The minimum atomic E-state index is -0.542. The summed E-state index contributed by atoms with van der Waals surface area (Å²) in [7, 11) is 4.99. The first-order valence-corrected chi connectivity index (χ1v) is 13.6. The SMILES string of the molecule is COc1ccc2[nH]c([C@H]3CCc4cc(OC)c(OC)cc43)c(CCN[C@@H]3CC(=O)N(c4ccccc4)C3=O)c2c1. The van der Waals surface area contributed by atoms with Gasteiger partial charge in [-0.05, 0) is 78.4 Å². The van der Waals surface area contributed by atoms with Crippen LogP contribution in [0.4, 0.5) is 5.69 Å². The molecule has 206 valence electrons. The quantitative estimate of drug-likeness (QED) is 0.299. The smallest absolute Gasteiger partial charge is 0.251 e. The maximum atomic E-state index is 13.1. The van der Waals surface area contributed by atoms with Gasteiger partial charge in [-0.2, -0.15) is 0 Å². The number of nitrogens with zero attached hydrogens (tertiary/aromatic N) is 1. The van der Waals surface area contributed by atoms with E-state index in [4.69, 9.17) is 14.2 Å². The first-order chi connectivity index (χ1) is 19.5. The first kappa shape index (κ1) is 26.0. The van der Waals surface area contributed by atoms with Gasteiger partial charge in [-0.3, -0.25) is 9.59 Å². The molecule has 1 aromatic heterocycles. The lowest BCUT2D eigenvalue weighted by Crippen LogP contribution is -2.39. The van der Waals surface area contributed by atoms with E-state index in [1.165, 1.54) is 21.6 Å². The third-order valence-corrected chi connectivity index (χ3v) is 8.14. The Hall–Kier alpha value is -4.30.